The quantitative estimate of drug-likeness (QED) is 0.527. The molecule has 0 rings (SSSR count). The van der Waals surface area contributed by atoms with Gasteiger partial charge in [-0.25, -0.2) is 9.46 Å². The Labute approximate surface area is 172 Å². The lowest BCUT2D eigenvalue weighted by Crippen LogP contribution is -2.49. The predicted molar refractivity (Wildman–Crippen MR) is 114 cm³/mol. The fourth-order valence-electron chi connectivity index (χ4n) is 2.52. The zero-order valence-corrected chi connectivity index (χ0v) is 20.6. The molecule has 0 spiro atoms. The molecule has 166 valence electrons. The van der Waals surface area contributed by atoms with Gasteiger partial charge in [0.15, 0.2) is 5.78 Å². The topological polar surface area (TPSA) is 77.1 Å². The Hall–Kier alpha value is -0.750. The second-order valence-electron chi connectivity index (χ2n) is 9.55. The van der Waals surface area contributed by atoms with Crippen LogP contribution >= 0.6 is 8.53 Å². The third-order valence-corrected chi connectivity index (χ3v) is 5.95. The van der Waals surface area contributed by atoms with E-state index in [0.717, 1.165) is 0 Å². The summed E-state index contributed by atoms with van der Waals surface area (Å²) < 4.78 is 19.9. The van der Waals surface area contributed by atoms with Crippen LogP contribution in [0.3, 0.4) is 0 Å². The molecule has 0 radical (unpaired) electrons. The van der Waals surface area contributed by atoms with Crippen LogP contribution in [0.4, 0.5) is 4.79 Å². The second kappa shape index (κ2) is 10.9. The molecule has 0 saturated heterocycles. The number of alkyl carbamates (subject to hydrolysis) is 1. The third-order valence-electron chi connectivity index (χ3n) is 3.43. The van der Waals surface area contributed by atoms with Crippen LogP contribution < -0.4 is 5.32 Å². The Balaban J connectivity index is 5.49. The number of hydrogen-bond donors (Lipinski definition) is 1. The van der Waals surface area contributed by atoms with Gasteiger partial charge in [-0.15, -0.1) is 0 Å². The number of rotatable bonds is 9. The number of Topliss-reactive ketones (excluding diaryl/α,β-unsaturated/α-hetero) is 1. The summed E-state index contributed by atoms with van der Waals surface area (Å²) in [6.07, 6.45) is -1.23. The summed E-state index contributed by atoms with van der Waals surface area (Å²) in [7, 11) is -1.45. The van der Waals surface area contributed by atoms with Gasteiger partial charge in [-0.2, -0.15) is 0 Å². The maximum atomic E-state index is 12.2. The number of nitrogens with zero attached hydrogens (tertiary/aromatic N) is 1. The molecule has 0 aromatic heterocycles. The van der Waals surface area contributed by atoms with E-state index in [2.05, 4.69) is 37.7 Å². The van der Waals surface area contributed by atoms with Crippen molar-refractivity contribution in [3.8, 4) is 0 Å². The van der Waals surface area contributed by atoms with E-state index in [1.165, 1.54) is 6.92 Å². The van der Waals surface area contributed by atoms with Gasteiger partial charge >= 0.3 is 6.09 Å². The molecule has 1 unspecified atom stereocenters. The van der Waals surface area contributed by atoms with E-state index in [4.69, 9.17) is 13.8 Å². The molecule has 0 aliphatic heterocycles. The number of ketones is 1. The van der Waals surface area contributed by atoms with Crippen molar-refractivity contribution in [1.82, 2.24) is 9.99 Å². The Bertz CT molecular complexity index is 504. The first kappa shape index (κ1) is 27.2. The summed E-state index contributed by atoms with van der Waals surface area (Å²) in [6.45, 7) is 22.7. The Morgan fingerprint density at radius 3 is 1.68 bits per heavy atom. The normalized spacial score (nSPS) is 16.2. The average molecular weight is 421 g/mol. The van der Waals surface area contributed by atoms with Gasteiger partial charge in [0.1, 0.15) is 11.6 Å². The number of carbonyl (C=O) groups excluding carboxylic acids is 2. The summed E-state index contributed by atoms with van der Waals surface area (Å²) >= 11 is 0. The summed E-state index contributed by atoms with van der Waals surface area (Å²) in [4.78, 5) is 24.4. The Morgan fingerprint density at radius 1 is 0.893 bits per heavy atom. The van der Waals surface area contributed by atoms with Crippen molar-refractivity contribution in [2.75, 3.05) is 0 Å². The largest absolute Gasteiger partial charge is 0.444 e. The second-order valence-corrected chi connectivity index (χ2v) is 10.9. The summed E-state index contributed by atoms with van der Waals surface area (Å²) in [6, 6.07) is -0.449. The average Bonchev–Trinajstić information content (AvgIpc) is 2.39. The maximum Gasteiger partial charge on any atom is 0.408 e. The molecule has 0 bridgehead atoms. The molecule has 0 aliphatic carbocycles. The zero-order valence-electron chi connectivity index (χ0n) is 19.7. The van der Waals surface area contributed by atoms with Gasteiger partial charge < -0.3 is 19.1 Å². The van der Waals surface area contributed by atoms with Crippen LogP contribution in [0.1, 0.15) is 83.1 Å². The van der Waals surface area contributed by atoms with Crippen LogP contribution in [0.5, 0.6) is 0 Å². The fourth-order valence-corrected chi connectivity index (χ4v) is 4.39. The number of carbonyl (C=O) groups is 2. The highest BCUT2D eigenvalue weighted by Gasteiger charge is 2.36. The van der Waals surface area contributed by atoms with E-state index in [1.54, 1.807) is 27.7 Å². The standard InChI is InChI=1S/C20H41N2O5P/c1-13(2)22(14(3)4)28(27-20(10,11)12)26-16(6)17(15(5)23)21-18(24)25-19(7,8)9/h13-14,16-17H,1-12H3,(H,21,24)/t16-,17-,28?/m0/s1. The van der Waals surface area contributed by atoms with Crippen molar-refractivity contribution in [3.63, 3.8) is 0 Å². The lowest BCUT2D eigenvalue weighted by atomic mass is 10.1. The van der Waals surface area contributed by atoms with Crippen LogP contribution in [-0.2, 0) is 18.6 Å². The minimum absolute atomic E-state index is 0.190. The monoisotopic (exact) mass is 420 g/mol. The predicted octanol–water partition coefficient (Wildman–Crippen LogP) is 5.03. The minimum Gasteiger partial charge on any atom is -0.444 e. The van der Waals surface area contributed by atoms with E-state index >= 15 is 0 Å². The molecule has 8 heteroatoms. The van der Waals surface area contributed by atoms with Crippen molar-refractivity contribution >= 4 is 20.4 Å². The minimum atomic E-state index is -1.45. The highest BCUT2D eigenvalue weighted by molar-refractivity contribution is 7.44. The first-order valence-corrected chi connectivity index (χ1v) is 11.0. The summed E-state index contributed by atoms with van der Waals surface area (Å²) in [5.41, 5.74) is -1.07. The lowest BCUT2D eigenvalue weighted by molar-refractivity contribution is -0.121. The molecule has 0 saturated carbocycles. The summed E-state index contributed by atoms with van der Waals surface area (Å²) in [5.74, 6) is -0.204. The first-order valence-electron chi connectivity index (χ1n) is 9.89. The maximum absolute atomic E-state index is 12.2. The SMILES string of the molecule is CC(=O)[C@H](NC(=O)OC(C)(C)C)[C@H](C)OP(OC(C)(C)C)N(C(C)C)C(C)C. The van der Waals surface area contributed by atoms with Gasteiger partial charge in [-0.3, -0.25) is 4.79 Å². The van der Waals surface area contributed by atoms with Crippen LogP contribution in [0.2, 0.25) is 0 Å². The zero-order chi connectivity index (χ0) is 22.4. The molecule has 28 heavy (non-hydrogen) atoms. The van der Waals surface area contributed by atoms with Gasteiger partial charge in [-0.05, 0) is 83.1 Å². The molecular formula is C20H41N2O5P. The van der Waals surface area contributed by atoms with Gasteiger partial charge in [0.2, 0.25) is 0 Å². The van der Waals surface area contributed by atoms with Gasteiger partial charge in [-0.1, -0.05) is 0 Å². The molecule has 7 nitrogen and oxygen atoms in total. The molecule has 1 N–H and O–H groups in total. The van der Waals surface area contributed by atoms with E-state index < -0.39 is 38.0 Å². The first-order chi connectivity index (χ1) is 12.4. The smallest absolute Gasteiger partial charge is 0.408 e. The molecule has 1 amide bonds. The molecule has 0 aromatic carbocycles. The van der Waals surface area contributed by atoms with Crippen LogP contribution in [-0.4, -0.2) is 52.0 Å². The highest BCUT2D eigenvalue weighted by Crippen LogP contribution is 2.50. The molecule has 0 aliphatic rings. The van der Waals surface area contributed by atoms with E-state index in [0.29, 0.717) is 0 Å². The molecule has 0 fully saturated rings. The van der Waals surface area contributed by atoms with Crippen molar-refractivity contribution < 1.29 is 23.4 Å². The number of amides is 1. The fraction of sp³-hybridized carbons (Fsp3) is 0.900. The molecule has 3 atom stereocenters. The van der Waals surface area contributed by atoms with E-state index in [1.807, 2.05) is 20.8 Å². The van der Waals surface area contributed by atoms with Crippen molar-refractivity contribution in [3.05, 3.63) is 0 Å². The van der Waals surface area contributed by atoms with Crippen molar-refractivity contribution in [2.45, 2.75) is 119 Å². The molecular weight excluding hydrogens is 379 g/mol. The summed E-state index contributed by atoms with van der Waals surface area (Å²) in [5, 5.41) is 2.64. The van der Waals surface area contributed by atoms with Crippen LogP contribution in [0.15, 0.2) is 0 Å². The molecule has 0 heterocycles. The number of nitrogens with one attached hydrogen (secondary N) is 1. The highest BCUT2D eigenvalue weighted by atomic mass is 31.2. The lowest BCUT2D eigenvalue weighted by Gasteiger charge is -2.40. The van der Waals surface area contributed by atoms with Crippen molar-refractivity contribution in [1.29, 1.82) is 0 Å². The van der Waals surface area contributed by atoms with Gasteiger partial charge in [0.25, 0.3) is 8.53 Å². The number of ether oxygens (including phenoxy) is 1. The van der Waals surface area contributed by atoms with Gasteiger partial charge in [0, 0.05) is 12.1 Å². The van der Waals surface area contributed by atoms with Crippen LogP contribution in [0, 0.1) is 0 Å². The molecule has 0 aromatic rings. The van der Waals surface area contributed by atoms with Crippen molar-refractivity contribution in [2.24, 2.45) is 0 Å². The van der Waals surface area contributed by atoms with Gasteiger partial charge in [0.05, 0.1) is 11.7 Å². The number of hydrogen-bond acceptors (Lipinski definition) is 6. The third kappa shape index (κ3) is 10.7. The van der Waals surface area contributed by atoms with Crippen LogP contribution in [0.25, 0.3) is 0 Å². The van der Waals surface area contributed by atoms with E-state index in [9.17, 15) is 9.59 Å². The Kier molecular flexibility index (Phi) is 10.6. The Morgan fingerprint density at radius 2 is 1.36 bits per heavy atom. The van der Waals surface area contributed by atoms with E-state index in [-0.39, 0.29) is 17.9 Å².